The normalized spacial score (nSPS) is 10.9. The Kier molecular flexibility index (Phi) is 7.57. The van der Waals surface area contributed by atoms with Crippen molar-refractivity contribution in [3.8, 4) is 6.07 Å². The molecule has 0 aliphatic carbocycles. The Balaban J connectivity index is 3.32. The number of ether oxygens (including phenoxy) is 2. The van der Waals surface area contributed by atoms with Crippen molar-refractivity contribution < 1.29 is 14.3 Å². The number of nitrogens with zero attached hydrogens (tertiary/aromatic N) is 1. The zero-order chi connectivity index (χ0) is 12.4. The zero-order valence-electron chi connectivity index (χ0n) is 10.4. The summed E-state index contributed by atoms with van der Waals surface area (Å²) >= 11 is 0. The van der Waals surface area contributed by atoms with Crippen molar-refractivity contribution in [3.05, 3.63) is 0 Å². The lowest BCUT2D eigenvalue weighted by Crippen LogP contribution is -2.23. The van der Waals surface area contributed by atoms with Crippen molar-refractivity contribution in [2.45, 2.75) is 52.1 Å². The van der Waals surface area contributed by atoms with Gasteiger partial charge in [-0.05, 0) is 33.6 Å². The second-order valence-electron chi connectivity index (χ2n) is 4.56. The van der Waals surface area contributed by atoms with Gasteiger partial charge in [0, 0.05) is 13.0 Å². The van der Waals surface area contributed by atoms with Gasteiger partial charge in [0.05, 0.1) is 19.1 Å². The van der Waals surface area contributed by atoms with E-state index in [1.165, 1.54) is 0 Å². The SMILES string of the molecule is CC(C)(C)OC(=O)CCCCOCCC#N. The van der Waals surface area contributed by atoms with Crippen LogP contribution in [0, 0.1) is 11.3 Å². The number of rotatable bonds is 7. The van der Waals surface area contributed by atoms with Crippen LogP contribution in [0.25, 0.3) is 0 Å². The fourth-order valence-electron chi connectivity index (χ4n) is 1.09. The highest BCUT2D eigenvalue weighted by molar-refractivity contribution is 5.69. The highest BCUT2D eigenvalue weighted by Crippen LogP contribution is 2.09. The quantitative estimate of drug-likeness (QED) is 0.495. The number of nitriles is 1. The summed E-state index contributed by atoms with van der Waals surface area (Å²) in [4.78, 5) is 11.3. The molecular formula is C12H21NO3. The first kappa shape index (κ1) is 14.9. The molecule has 0 unspecified atom stereocenters. The number of hydrogen-bond acceptors (Lipinski definition) is 4. The van der Waals surface area contributed by atoms with Gasteiger partial charge in [0.15, 0.2) is 0 Å². The summed E-state index contributed by atoms with van der Waals surface area (Å²) in [5, 5.41) is 8.26. The monoisotopic (exact) mass is 227 g/mol. The van der Waals surface area contributed by atoms with E-state index in [4.69, 9.17) is 14.7 Å². The summed E-state index contributed by atoms with van der Waals surface area (Å²) in [6.45, 7) is 6.65. The number of esters is 1. The van der Waals surface area contributed by atoms with E-state index in [0.29, 0.717) is 26.1 Å². The average molecular weight is 227 g/mol. The molecule has 0 radical (unpaired) electrons. The van der Waals surface area contributed by atoms with Gasteiger partial charge < -0.3 is 9.47 Å². The standard InChI is InChI=1S/C12H21NO3/c1-12(2,3)16-11(14)7-4-5-9-15-10-6-8-13/h4-7,9-10H2,1-3H3. The Bertz CT molecular complexity index is 238. The number of carbonyl (C=O) groups is 1. The van der Waals surface area contributed by atoms with Crippen LogP contribution in [0.15, 0.2) is 0 Å². The fraction of sp³-hybridized carbons (Fsp3) is 0.833. The fourth-order valence-corrected chi connectivity index (χ4v) is 1.09. The molecule has 0 heterocycles. The first-order valence-corrected chi connectivity index (χ1v) is 5.62. The molecule has 0 spiro atoms. The lowest BCUT2D eigenvalue weighted by Gasteiger charge is -2.19. The van der Waals surface area contributed by atoms with E-state index in [1.807, 2.05) is 26.8 Å². The van der Waals surface area contributed by atoms with E-state index in [0.717, 1.165) is 12.8 Å². The summed E-state index contributed by atoms with van der Waals surface area (Å²) in [5.74, 6) is -0.162. The Morgan fingerprint density at radius 3 is 2.50 bits per heavy atom. The highest BCUT2D eigenvalue weighted by Gasteiger charge is 2.15. The smallest absolute Gasteiger partial charge is 0.306 e. The molecule has 92 valence electrons. The Morgan fingerprint density at radius 2 is 1.94 bits per heavy atom. The first-order chi connectivity index (χ1) is 7.45. The molecule has 16 heavy (non-hydrogen) atoms. The predicted molar refractivity (Wildman–Crippen MR) is 60.7 cm³/mol. The Morgan fingerprint density at radius 1 is 1.25 bits per heavy atom. The minimum absolute atomic E-state index is 0.162. The summed E-state index contributed by atoms with van der Waals surface area (Å²) in [5.41, 5.74) is -0.402. The second-order valence-corrected chi connectivity index (χ2v) is 4.56. The molecule has 0 fully saturated rings. The van der Waals surface area contributed by atoms with Gasteiger partial charge in [-0.15, -0.1) is 0 Å². The molecule has 0 aromatic heterocycles. The van der Waals surface area contributed by atoms with Crippen molar-refractivity contribution in [2.24, 2.45) is 0 Å². The molecule has 4 nitrogen and oxygen atoms in total. The van der Waals surface area contributed by atoms with Crippen LogP contribution in [0.2, 0.25) is 0 Å². The summed E-state index contributed by atoms with van der Waals surface area (Å²) < 4.78 is 10.3. The third kappa shape index (κ3) is 11.0. The Labute approximate surface area is 97.5 Å². The van der Waals surface area contributed by atoms with Crippen LogP contribution in [0.4, 0.5) is 0 Å². The topological polar surface area (TPSA) is 59.3 Å². The van der Waals surface area contributed by atoms with Gasteiger partial charge in [0.1, 0.15) is 5.60 Å². The molecule has 0 rings (SSSR count). The van der Waals surface area contributed by atoms with E-state index in [-0.39, 0.29) is 5.97 Å². The van der Waals surface area contributed by atoms with Crippen molar-refractivity contribution in [1.29, 1.82) is 5.26 Å². The van der Waals surface area contributed by atoms with Crippen LogP contribution < -0.4 is 0 Å². The number of unbranched alkanes of at least 4 members (excludes halogenated alkanes) is 1. The molecule has 0 aliphatic rings. The number of hydrogen-bond donors (Lipinski definition) is 0. The van der Waals surface area contributed by atoms with Crippen LogP contribution in [-0.2, 0) is 14.3 Å². The van der Waals surface area contributed by atoms with Crippen molar-refractivity contribution in [2.75, 3.05) is 13.2 Å². The molecule has 0 aliphatic heterocycles. The van der Waals surface area contributed by atoms with Gasteiger partial charge >= 0.3 is 5.97 Å². The zero-order valence-corrected chi connectivity index (χ0v) is 10.4. The minimum atomic E-state index is -0.402. The molecule has 0 atom stereocenters. The molecule has 0 aromatic carbocycles. The van der Waals surface area contributed by atoms with Crippen LogP contribution in [0.3, 0.4) is 0 Å². The maximum atomic E-state index is 11.3. The lowest BCUT2D eigenvalue weighted by atomic mass is 10.2. The van der Waals surface area contributed by atoms with Gasteiger partial charge in [-0.25, -0.2) is 0 Å². The maximum Gasteiger partial charge on any atom is 0.306 e. The van der Waals surface area contributed by atoms with Gasteiger partial charge in [-0.1, -0.05) is 0 Å². The molecule has 0 amide bonds. The van der Waals surface area contributed by atoms with Gasteiger partial charge in [0.25, 0.3) is 0 Å². The molecule has 0 aromatic rings. The van der Waals surface area contributed by atoms with Crippen LogP contribution >= 0.6 is 0 Å². The largest absolute Gasteiger partial charge is 0.460 e. The van der Waals surface area contributed by atoms with Gasteiger partial charge in [-0.2, -0.15) is 5.26 Å². The summed E-state index contributed by atoms with van der Waals surface area (Å²) in [7, 11) is 0. The van der Waals surface area contributed by atoms with E-state index in [1.54, 1.807) is 0 Å². The highest BCUT2D eigenvalue weighted by atomic mass is 16.6. The molecule has 4 heteroatoms. The van der Waals surface area contributed by atoms with Gasteiger partial charge in [-0.3, -0.25) is 4.79 Å². The minimum Gasteiger partial charge on any atom is -0.460 e. The number of carbonyl (C=O) groups excluding carboxylic acids is 1. The second kappa shape index (κ2) is 8.12. The van der Waals surface area contributed by atoms with E-state index in [2.05, 4.69) is 0 Å². The van der Waals surface area contributed by atoms with Crippen molar-refractivity contribution >= 4 is 5.97 Å². The lowest BCUT2D eigenvalue weighted by molar-refractivity contribution is -0.154. The molecular weight excluding hydrogens is 206 g/mol. The third-order valence-corrected chi connectivity index (χ3v) is 1.70. The molecule has 0 bridgehead atoms. The Hall–Kier alpha value is -1.08. The van der Waals surface area contributed by atoms with E-state index in [9.17, 15) is 4.79 Å². The van der Waals surface area contributed by atoms with Crippen LogP contribution in [0.5, 0.6) is 0 Å². The van der Waals surface area contributed by atoms with E-state index < -0.39 is 5.60 Å². The first-order valence-electron chi connectivity index (χ1n) is 5.62. The third-order valence-electron chi connectivity index (χ3n) is 1.70. The van der Waals surface area contributed by atoms with Crippen LogP contribution in [0.1, 0.15) is 46.5 Å². The molecule has 0 saturated heterocycles. The predicted octanol–water partition coefficient (Wildman–Crippen LogP) is 2.43. The molecule has 0 N–H and O–H groups in total. The van der Waals surface area contributed by atoms with E-state index >= 15 is 0 Å². The van der Waals surface area contributed by atoms with Gasteiger partial charge in [0.2, 0.25) is 0 Å². The average Bonchev–Trinajstić information content (AvgIpc) is 2.13. The van der Waals surface area contributed by atoms with Crippen molar-refractivity contribution in [1.82, 2.24) is 0 Å². The molecule has 0 saturated carbocycles. The van der Waals surface area contributed by atoms with Crippen LogP contribution in [-0.4, -0.2) is 24.8 Å². The van der Waals surface area contributed by atoms with Crippen molar-refractivity contribution in [3.63, 3.8) is 0 Å². The maximum absolute atomic E-state index is 11.3. The summed E-state index contributed by atoms with van der Waals surface area (Å²) in [6.07, 6.45) is 2.44. The summed E-state index contributed by atoms with van der Waals surface area (Å²) in [6, 6.07) is 2.00.